The van der Waals surface area contributed by atoms with Crippen LogP contribution in [0.2, 0.25) is 5.02 Å². The van der Waals surface area contributed by atoms with E-state index in [4.69, 9.17) is 16.1 Å². The molecule has 1 atom stereocenters. The SMILES string of the molecule is Cc1cc(NC(=O)[C@@H]2CC(=O)N(c3ccccc3Cl)C2)no1. The molecule has 0 radical (unpaired) electrons. The number of carbonyl (C=O) groups is 2. The quantitative estimate of drug-likeness (QED) is 0.943. The maximum absolute atomic E-state index is 12.2. The number of rotatable bonds is 3. The molecule has 7 heteroatoms. The van der Waals surface area contributed by atoms with E-state index in [9.17, 15) is 9.59 Å². The number of anilines is 2. The Kier molecular flexibility index (Phi) is 3.85. The lowest BCUT2D eigenvalue weighted by molar-refractivity contribution is -0.122. The molecule has 1 aromatic carbocycles. The molecule has 0 bridgehead atoms. The molecule has 1 fully saturated rings. The summed E-state index contributed by atoms with van der Waals surface area (Å²) in [5.74, 6) is 0.142. The van der Waals surface area contributed by atoms with Crippen molar-refractivity contribution in [2.24, 2.45) is 5.92 Å². The van der Waals surface area contributed by atoms with E-state index in [0.717, 1.165) is 0 Å². The van der Waals surface area contributed by atoms with E-state index in [2.05, 4.69) is 10.5 Å². The number of amides is 2. The number of hydrogen-bond acceptors (Lipinski definition) is 4. The highest BCUT2D eigenvalue weighted by Gasteiger charge is 2.36. The molecule has 3 rings (SSSR count). The predicted molar refractivity (Wildman–Crippen MR) is 81.8 cm³/mol. The maximum Gasteiger partial charge on any atom is 0.231 e. The second-order valence-electron chi connectivity index (χ2n) is 5.17. The van der Waals surface area contributed by atoms with Gasteiger partial charge in [0.2, 0.25) is 11.8 Å². The molecule has 0 saturated carbocycles. The molecule has 1 aromatic heterocycles. The Labute approximate surface area is 132 Å². The van der Waals surface area contributed by atoms with Crippen molar-refractivity contribution in [2.45, 2.75) is 13.3 Å². The van der Waals surface area contributed by atoms with Crippen molar-refractivity contribution >= 4 is 34.9 Å². The van der Waals surface area contributed by atoms with Crippen molar-refractivity contribution in [1.29, 1.82) is 0 Å². The number of halogens is 1. The minimum absolute atomic E-state index is 0.121. The first kappa shape index (κ1) is 14.6. The third-order valence-electron chi connectivity index (χ3n) is 3.52. The number of carbonyl (C=O) groups excluding carboxylic acids is 2. The van der Waals surface area contributed by atoms with E-state index in [0.29, 0.717) is 28.8 Å². The fraction of sp³-hybridized carbons (Fsp3) is 0.267. The summed E-state index contributed by atoms with van der Waals surface area (Å²) in [4.78, 5) is 25.9. The number of para-hydroxylation sites is 1. The number of aryl methyl sites for hydroxylation is 1. The number of benzene rings is 1. The zero-order valence-electron chi connectivity index (χ0n) is 11.9. The Balaban J connectivity index is 1.71. The first-order valence-electron chi connectivity index (χ1n) is 6.83. The van der Waals surface area contributed by atoms with Gasteiger partial charge in [-0.15, -0.1) is 0 Å². The molecular weight excluding hydrogens is 306 g/mol. The molecule has 22 heavy (non-hydrogen) atoms. The van der Waals surface area contributed by atoms with Crippen LogP contribution in [-0.2, 0) is 9.59 Å². The summed E-state index contributed by atoms with van der Waals surface area (Å²) in [5, 5.41) is 6.86. The van der Waals surface area contributed by atoms with Gasteiger partial charge < -0.3 is 14.7 Å². The average Bonchev–Trinajstić information content (AvgIpc) is 3.06. The average molecular weight is 320 g/mol. The third kappa shape index (κ3) is 2.82. The predicted octanol–water partition coefficient (Wildman–Crippen LogP) is 2.63. The fourth-order valence-electron chi connectivity index (χ4n) is 2.44. The number of aromatic nitrogens is 1. The summed E-state index contributed by atoms with van der Waals surface area (Å²) < 4.78 is 4.90. The Hall–Kier alpha value is -2.34. The Morgan fingerprint density at radius 2 is 2.23 bits per heavy atom. The molecule has 2 aromatic rings. The lowest BCUT2D eigenvalue weighted by atomic mass is 10.1. The number of nitrogens with one attached hydrogen (secondary N) is 1. The summed E-state index contributed by atoms with van der Waals surface area (Å²) >= 11 is 6.11. The molecule has 1 aliphatic rings. The van der Waals surface area contributed by atoms with Gasteiger partial charge >= 0.3 is 0 Å². The summed E-state index contributed by atoms with van der Waals surface area (Å²) in [6.45, 7) is 2.03. The van der Waals surface area contributed by atoms with Gasteiger partial charge in [-0.25, -0.2) is 0 Å². The van der Waals surface area contributed by atoms with Crippen molar-refractivity contribution in [3.63, 3.8) is 0 Å². The summed E-state index contributed by atoms with van der Waals surface area (Å²) in [6.07, 6.45) is 0.147. The lowest BCUT2D eigenvalue weighted by Gasteiger charge is -2.17. The van der Waals surface area contributed by atoms with E-state index in [1.165, 1.54) is 0 Å². The molecule has 1 saturated heterocycles. The van der Waals surface area contributed by atoms with Crippen LogP contribution in [0.15, 0.2) is 34.9 Å². The highest BCUT2D eigenvalue weighted by molar-refractivity contribution is 6.33. The van der Waals surface area contributed by atoms with Crippen molar-refractivity contribution in [1.82, 2.24) is 5.16 Å². The molecule has 2 amide bonds. The van der Waals surface area contributed by atoms with Crippen LogP contribution < -0.4 is 10.2 Å². The van der Waals surface area contributed by atoms with E-state index in [1.54, 1.807) is 42.2 Å². The zero-order chi connectivity index (χ0) is 15.7. The Morgan fingerprint density at radius 3 is 2.91 bits per heavy atom. The van der Waals surface area contributed by atoms with Gasteiger partial charge in [-0.3, -0.25) is 9.59 Å². The third-order valence-corrected chi connectivity index (χ3v) is 3.84. The number of hydrogen-bond donors (Lipinski definition) is 1. The van der Waals surface area contributed by atoms with Gasteiger partial charge in [0.1, 0.15) is 5.76 Å². The standard InChI is InChI=1S/C15H14ClN3O3/c1-9-6-13(18-22-9)17-15(21)10-7-14(20)19(8-10)12-5-3-2-4-11(12)16/h2-6,10H,7-8H2,1H3,(H,17,18,21)/t10-/m1/s1. The van der Waals surface area contributed by atoms with Crippen molar-refractivity contribution in [3.8, 4) is 0 Å². The van der Waals surface area contributed by atoms with Gasteiger partial charge in [-0.05, 0) is 19.1 Å². The molecule has 0 aliphatic carbocycles. The van der Waals surface area contributed by atoms with Crippen LogP contribution in [-0.4, -0.2) is 23.5 Å². The van der Waals surface area contributed by atoms with E-state index in [1.807, 2.05) is 0 Å². The van der Waals surface area contributed by atoms with E-state index >= 15 is 0 Å². The molecule has 1 aliphatic heterocycles. The minimum atomic E-state index is -0.444. The molecular formula is C15H14ClN3O3. The van der Waals surface area contributed by atoms with Crippen LogP contribution in [0.3, 0.4) is 0 Å². The van der Waals surface area contributed by atoms with E-state index in [-0.39, 0.29) is 18.2 Å². The van der Waals surface area contributed by atoms with Crippen LogP contribution in [0.25, 0.3) is 0 Å². The summed E-state index contributed by atoms with van der Waals surface area (Å²) in [6, 6.07) is 8.71. The number of nitrogens with zero attached hydrogens (tertiary/aromatic N) is 2. The van der Waals surface area contributed by atoms with Crippen LogP contribution in [0.4, 0.5) is 11.5 Å². The van der Waals surface area contributed by atoms with Crippen molar-refractivity contribution < 1.29 is 14.1 Å². The first-order valence-corrected chi connectivity index (χ1v) is 7.21. The van der Waals surface area contributed by atoms with Gasteiger partial charge in [0, 0.05) is 19.0 Å². The molecule has 1 N–H and O–H groups in total. The molecule has 6 nitrogen and oxygen atoms in total. The highest BCUT2D eigenvalue weighted by Crippen LogP contribution is 2.31. The second-order valence-corrected chi connectivity index (χ2v) is 5.58. The van der Waals surface area contributed by atoms with Crippen molar-refractivity contribution in [2.75, 3.05) is 16.8 Å². The van der Waals surface area contributed by atoms with Crippen LogP contribution in [0.1, 0.15) is 12.2 Å². The highest BCUT2D eigenvalue weighted by atomic mass is 35.5. The van der Waals surface area contributed by atoms with Crippen molar-refractivity contribution in [3.05, 3.63) is 41.1 Å². The van der Waals surface area contributed by atoms with Gasteiger partial charge in [0.15, 0.2) is 5.82 Å². The maximum atomic E-state index is 12.2. The zero-order valence-corrected chi connectivity index (χ0v) is 12.6. The lowest BCUT2D eigenvalue weighted by Crippen LogP contribution is -2.28. The minimum Gasteiger partial charge on any atom is -0.360 e. The molecule has 0 spiro atoms. The van der Waals surface area contributed by atoms with Crippen LogP contribution in [0, 0.1) is 12.8 Å². The van der Waals surface area contributed by atoms with Crippen LogP contribution in [0.5, 0.6) is 0 Å². The molecule has 2 heterocycles. The first-order chi connectivity index (χ1) is 10.5. The largest absolute Gasteiger partial charge is 0.360 e. The Morgan fingerprint density at radius 1 is 1.45 bits per heavy atom. The fourth-order valence-corrected chi connectivity index (χ4v) is 2.68. The molecule has 0 unspecified atom stereocenters. The van der Waals surface area contributed by atoms with Gasteiger partial charge in [0.25, 0.3) is 0 Å². The normalized spacial score (nSPS) is 17.8. The van der Waals surface area contributed by atoms with Crippen LogP contribution >= 0.6 is 11.6 Å². The smallest absolute Gasteiger partial charge is 0.231 e. The second kappa shape index (κ2) is 5.81. The van der Waals surface area contributed by atoms with E-state index < -0.39 is 5.92 Å². The summed E-state index contributed by atoms with van der Waals surface area (Å²) in [5.41, 5.74) is 0.627. The topological polar surface area (TPSA) is 75.4 Å². The molecule has 114 valence electrons. The van der Waals surface area contributed by atoms with Gasteiger partial charge in [-0.2, -0.15) is 0 Å². The Bertz CT molecular complexity index is 728. The summed E-state index contributed by atoms with van der Waals surface area (Å²) in [7, 11) is 0. The van der Waals surface area contributed by atoms with Gasteiger partial charge in [0.05, 0.1) is 16.6 Å². The van der Waals surface area contributed by atoms with Gasteiger partial charge in [-0.1, -0.05) is 28.9 Å². The monoisotopic (exact) mass is 319 g/mol.